The van der Waals surface area contributed by atoms with Gasteiger partial charge < -0.3 is 13.4 Å². The first-order valence-electron chi connectivity index (χ1n) is 23.2. The number of fused-ring (bicyclic) bond motifs is 9. The lowest BCUT2D eigenvalue weighted by atomic mass is 9.97. The number of hydrogen-bond donors (Lipinski definition) is 0. The topological polar surface area (TPSA) is 69.9 Å². The third-order valence-electron chi connectivity index (χ3n) is 13.5. The molecule has 10 aromatic carbocycles. The minimum atomic E-state index is 0.602. The average Bonchev–Trinajstić information content (AvgIpc) is 4.11. The average molecular weight is 883 g/mol. The lowest BCUT2D eigenvalue weighted by Gasteiger charge is -2.12. The summed E-state index contributed by atoms with van der Waals surface area (Å²) in [5.41, 5.74) is 15.8. The zero-order valence-corrected chi connectivity index (χ0v) is 37.0. The van der Waals surface area contributed by atoms with Crippen LogP contribution in [0.5, 0.6) is 0 Å². The molecule has 0 saturated heterocycles. The second kappa shape index (κ2) is 15.6. The normalized spacial score (nSPS) is 11.8. The van der Waals surface area contributed by atoms with Crippen LogP contribution >= 0.6 is 0 Å². The Morgan fingerprint density at radius 3 is 1.62 bits per heavy atom. The highest BCUT2D eigenvalue weighted by molar-refractivity contribution is 6.18. The molecule has 14 aromatic rings. The summed E-state index contributed by atoms with van der Waals surface area (Å²) < 4.78 is 16.2. The zero-order valence-electron chi connectivity index (χ0n) is 37.0. The molecule has 0 bridgehead atoms. The molecule has 0 aliphatic rings. The van der Waals surface area contributed by atoms with E-state index in [1.165, 1.54) is 21.9 Å². The van der Waals surface area contributed by atoms with Gasteiger partial charge in [-0.15, -0.1) is 0 Å². The first-order valence-corrected chi connectivity index (χ1v) is 23.2. The third kappa shape index (κ3) is 6.38. The van der Waals surface area contributed by atoms with Crippen molar-refractivity contribution in [3.63, 3.8) is 0 Å². The molecule has 4 aromatic heterocycles. The van der Waals surface area contributed by atoms with Crippen molar-refractivity contribution in [1.82, 2.24) is 19.5 Å². The van der Waals surface area contributed by atoms with Gasteiger partial charge in [-0.2, -0.15) is 0 Å². The Hall–Kier alpha value is -9.39. The van der Waals surface area contributed by atoms with Crippen molar-refractivity contribution < 1.29 is 8.83 Å². The molecule has 322 valence electrons. The molecule has 0 atom stereocenters. The highest BCUT2D eigenvalue weighted by Crippen LogP contribution is 2.45. The lowest BCUT2D eigenvalue weighted by Crippen LogP contribution is -2.00. The number of furan rings is 2. The largest absolute Gasteiger partial charge is 0.455 e. The van der Waals surface area contributed by atoms with Crippen molar-refractivity contribution in [2.45, 2.75) is 0 Å². The first kappa shape index (κ1) is 38.8. The van der Waals surface area contributed by atoms with Gasteiger partial charge in [-0.05, 0) is 76.3 Å². The Labute approximate surface area is 396 Å². The van der Waals surface area contributed by atoms with Crippen molar-refractivity contribution in [3.05, 3.63) is 231 Å². The van der Waals surface area contributed by atoms with E-state index in [2.05, 4.69) is 168 Å². The molecule has 0 fully saturated rings. The van der Waals surface area contributed by atoms with E-state index in [1.807, 2.05) is 66.7 Å². The van der Waals surface area contributed by atoms with E-state index >= 15 is 0 Å². The Balaban J connectivity index is 0.895. The second-order valence-electron chi connectivity index (χ2n) is 17.5. The summed E-state index contributed by atoms with van der Waals surface area (Å²) >= 11 is 0. The number of rotatable bonds is 7. The quantitative estimate of drug-likeness (QED) is 0.159. The standard InChI is InChI=1S/C63H38N4O2/c1-4-16-39(17-5-1)42-31-34-54-52(37-42)48-24-10-12-28-53(48)67(54)55-35-33-46(58-51-25-11-13-29-56(51)68-60(55)58)44-30-32-49-50-27-15-26-47(59(50)69-57(49)38-44)43-22-14-23-45(36-43)63-65-61(40-18-6-2-7-19-40)64-62(66-63)41-20-8-3-9-21-41/h1-38H. The molecule has 6 nitrogen and oxygen atoms in total. The molecule has 0 spiro atoms. The van der Waals surface area contributed by atoms with Crippen LogP contribution in [0.3, 0.4) is 0 Å². The Morgan fingerprint density at radius 1 is 0.290 bits per heavy atom. The number of nitrogens with zero attached hydrogens (tertiary/aromatic N) is 4. The van der Waals surface area contributed by atoms with Crippen LogP contribution in [0.25, 0.3) is 139 Å². The highest BCUT2D eigenvalue weighted by atomic mass is 16.3. The summed E-state index contributed by atoms with van der Waals surface area (Å²) in [6.07, 6.45) is 0. The van der Waals surface area contributed by atoms with Crippen molar-refractivity contribution >= 4 is 65.7 Å². The fraction of sp³-hybridized carbons (Fsp3) is 0. The van der Waals surface area contributed by atoms with Crippen LogP contribution in [0.1, 0.15) is 0 Å². The van der Waals surface area contributed by atoms with E-state index in [0.29, 0.717) is 17.5 Å². The Kier molecular flexibility index (Phi) is 8.79. The molecule has 0 radical (unpaired) electrons. The van der Waals surface area contributed by atoms with Gasteiger partial charge in [0.2, 0.25) is 0 Å². The summed E-state index contributed by atoms with van der Waals surface area (Å²) in [7, 11) is 0. The van der Waals surface area contributed by atoms with Gasteiger partial charge in [-0.25, -0.2) is 15.0 Å². The van der Waals surface area contributed by atoms with Crippen LogP contribution in [0.15, 0.2) is 239 Å². The number of para-hydroxylation sites is 3. The van der Waals surface area contributed by atoms with Gasteiger partial charge in [-0.3, -0.25) is 0 Å². The van der Waals surface area contributed by atoms with E-state index in [9.17, 15) is 0 Å². The van der Waals surface area contributed by atoms with E-state index < -0.39 is 0 Å². The molecular weight excluding hydrogens is 845 g/mol. The molecule has 14 rings (SSSR count). The van der Waals surface area contributed by atoms with E-state index in [1.54, 1.807) is 0 Å². The monoisotopic (exact) mass is 882 g/mol. The Bertz CT molecular complexity index is 4250. The number of aromatic nitrogens is 4. The highest BCUT2D eigenvalue weighted by Gasteiger charge is 2.22. The van der Waals surface area contributed by atoms with E-state index in [0.717, 1.165) is 99.5 Å². The molecule has 0 unspecified atom stereocenters. The van der Waals surface area contributed by atoms with Gasteiger partial charge in [0.15, 0.2) is 23.1 Å². The molecule has 0 aliphatic heterocycles. The molecule has 0 aliphatic carbocycles. The van der Waals surface area contributed by atoms with Crippen LogP contribution < -0.4 is 0 Å². The molecule has 4 heterocycles. The summed E-state index contributed by atoms with van der Waals surface area (Å²) in [6.45, 7) is 0. The van der Waals surface area contributed by atoms with Crippen LogP contribution in [-0.4, -0.2) is 19.5 Å². The maximum absolute atomic E-state index is 6.93. The summed E-state index contributed by atoms with van der Waals surface area (Å²) in [4.78, 5) is 14.9. The third-order valence-corrected chi connectivity index (χ3v) is 13.5. The van der Waals surface area contributed by atoms with Gasteiger partial charge in [0.25, 0.3) is 0 Å². The van der Waals surface area contributed by atoms with Gasteiger partial charge in [0.05, 0.1) is 16.7 Å². The zero-order chi connectivity index (χ0) is 45.4. The Morgan fingerprint density at radius 2 is 0.855 bits per heavy atom. The van der Waals surface area contributed by atoms with Crippen LogP contribution in [0.2, 0.25) is 0 Å². The van der Waals surface area contributed by atoms with Gasteiger partial charge in [-0.1, -0.05) is 182 Å². The van der Waals surface area contributed by atoms with Gasteiger partial charge >= 0.3 is 0 Å². The minimum absolute atomic E-state index is 0.602. The molecule has 69 heavy (non-hydrogen) atoms. The SMILES string of the molecule is c1ccc(-c2ccc3c(c2)c2ccccc2n3-c2ccc(-c3ccc4c(c3)oc3c(-c5cccc(-c6nc(-c7ccccc7)nc(-c7ccccc7)n6)c5)cccc34)c3c2oc2ccccc23)cc1. The van der Waals surface area contributed by atoms with Gasteiger partial charge in [0.1, 0.15) is 16.7 Å². The van der Waals surface area contributed by atoms with Crippen LogP contribution in [-0.2, 0) is 0 Å². The lowest BCUT2D eigenvalue weighted by molar-refractivity contribution is 0.666. The number of benzene rings is 10. The predicted molar refractivity (Wildman–Crippen MR) is 281 cm³/mol. The second-order valence-corrected chi connectivity index (χ2v) is 17.5. The van der Waals surface area contributed by atoms with Crippen LogP contribution in [0, 0.1) is 0 Å². The molecular formula is C63H38N4O2. The fourth-order valence-corrected chi connectivity index (χ4v) is 10.2. The summed E-state index contributed by atoms with van der Waals surface area (Å²) in [5.74, 6) is 1.85. The molecule has 6 heteroatoms. The molecule has 0 saturated carbocycles. The number of hydrogen-bond acceptors (Lipinski definition) is 5. The van der Waals surface area contributed by atoms with Crippen molar-refractivity contribution in [2.75, 3.05) is 0 Å². The predicted octanol–water partition coefficient (Wildman–Crippen LogP) is 16.8. The minimum Gasteiger partial charge on any atom is -0.455 e. The van der Waals surface area contributed by atoms with Gasteiger partial charge in [0, 0.05) is 54.6 Å². The maximum Gasteiger partial charge on any atom is 0.164 e. The fourth-order valence-electron chi connectivity index (χ4n) is 10.2. The summed E-state index contributed by atoms with van der Waals surface area (Å²) in [6, 6.07) is 80.3. The smallest absolute Gasteiger partial charge is 0.164 e. The van der Waals surface area contributed by atoms with Crippen LogP contribution in [0.4, 0.5) is 0 Å². The molecule has 0 N–H and O–H groups in total. The van der Waals surface area contributed by atoms with E-state index in [-0.39, 0.29) is 0 Å². The van der Waals surface area contributed by atoms with Crippen molar-refractivity contribution in [3.8, 4) is 73.2 Å². The van der Waals surface area contributed by atoms with Crippen molar-refractivity contribution in [2.24, 2.45) is 0 Å². The summed E-state index contributed by atoms with van der Waals surface area (Å²) in [5, 5.41) is 6.62. The van der Waals surface area contributed by atoms with E-state index in [4.69, 9.17) is 23.8 Å². The first-order chi connectivity index (χ1) is 34.2. The maximum atomic E-state index is 6.93. The van der Waals surface area contributed by atoms with Crippen molar-refractivity contribution in [1.29, 1.82) is 0 Å². The molecule has 0 amide bonds.